The van der Waals surface area contributed by atoms with Gasteiger partial charge in [0.1, 0.15) is 0 Å². The molecular weight excluding hydrogens is 284 g/mol. The van der Waals surface area contributed by atoms with Crippen molar-refractivity contribution in [2.24, 2.45) is 5.73 Å². The number of terminal acetylenes is 1. The van der Waals surface area contributed by atoms with Crippen molar-refractivity contribution in [1.82, 2.24) is 5.32 Å². The standard InChI is InChI=1S/C20H22N2O/c1-3-15-10-12-17(13-11-16-8-6-5-7-9-16)18(14-15)20(23)22-19(21)4-2/h1,5-10,12,14,19H,4,11,13,21H2,2H3,(H,22,23). The van der Waals surface area contributed by atoms with Crippen LogP contribution in [0.5, 0.6) is 0 Å². The van der Waals surface area contributed by atoms with Gasteiger partial charge in [-0.25, -0.2) is 0 Å². The van der Waals surface area contributed by atoms with E-state index in [9.17, 15) is 4.79 Å². The minimum atomic E-state index is -0.348. The van der Waals surface area contributed by atoms with E-state index in [-0.39, 0.29) is 12.1 Å². The van der Waals surface area contributed by atoms with Crippen LogP contribution >= 0.6 is 0 Å². The van der Waals surface area contributed by atoms with Crippen molar-refractivity contribution < 1.29 is 4.79 Å². The zero-order valence-corrected chi connectivity index (χ0v) is 13.4. The highest BCUT2D eigenvalue weighted by molar-refractivity contribution is 5.96. The summed E-state index contributed by atoms with van der Waals surface area (Å²) in [5, 5.41) is 2.81. The second-order valence-corrected chi connectivity index (χ2v) is 5.49. The number of hydrogen-bond donors (Lipinski definition) is 2. The Morgan fingerprint density at radius 2 is 1.96 bits per heavy atom. The van der Waals surface area contributed by atoms with Crippen molar-refractivity contribution in [3.05, 3.63) is 70.8 Å². The molecule has 118 valence electrons. The summed E-state index contributed by atoms with van der Waals surface area (Å²) >= 11 is 0. The fourth-order valence-corrected chi connectivity index (χ4v) is 2.37. The number of aryl methyl sites for hydroxylation is 2. The Morgan fingerprint density at radius 1 is 1.22 bits per heavy atom. The minimum absolute atomic E-state index is 0.167. The Kier molecular flexibility index (Phi) is 5.96. The fourth-order valence-electron chi connectivity index (χ4n) is 2.37. The normalized spacial score (nSPS) is 11.5. The van der Waals surface area contributed by atoms with Crippen molar-refractivity contribution in [2.45, 2.75) is 32.4 Å². The van der Waals surface area contributed by atoms with E-state index >= 15 is 0 Å². The zero-order valence-electron chi connectivity index (χ0n) is 13.4. The maximum Gasteiger partial charge on any atom is 0.252 e. The molecule has 0 spiro atoms. The number of benzene rings is 2. The average molecular weight is 306 g/mol. The van der Waals surface area contributed by atoms with E-state index in [0.717, 1.165) is 18.4 Å². The maximum atomic E-state index is 12.5. The average Bonchev–Trinajstić information content (AvgIpc) is 2.60. The smallest absolute Gasteiger partial charge is 0.252 e. The topological polar surface area (TPSA) is 55.1 Å². The van der Waals surface area contributed by atoms with Gasteiger partial charge in [0.2, 0.25) is 0 Å². The quantitative estimate of drug-likeness (QED) is 0.637. The van der Waals surface area contributed by atoms with Gasteiger partial charge >= 0.3 is 0 Å². The van der Waals surface area contributed by atoms with Gasteiger partial charge < -0.3 is 11.1 Å². The second-order valence-electron chi connectivity index (χ2n) is 5.49. The van der Waals surface area contributed by atoms with Gasteiger partial charge in [0, 0.05) is 11.1 Å². The van der Waals surface area contributed by atoms with Crippen LogP contribution in [-0.2, 0) is 12.8 Å². The first-order chi connectivity index (χ1) is 11.1. The molecule has 0 bridgehead atoms. The van der Waals surface area contributed by atoms with Crippen molar-refractivity contribution >= 4 is 5.91 Å². The third-order valence-corrected chi connectivity index (χ3v) is 3.80. The first-order valence-electron chi connectivity index (χ1n) is 7.84. The monoisotopic (exact) mass is 306 g/mol. The van der Waals surface area contributed by atoms with Gasteiger partial charge in [0.25, 0.3) is 5.91 Å². The molecule has 23 heavy (non-hydrogen) atoms. The number of carbonyl (C=O) groups is 1. The van der Waals surface area contributed by atoms with E-state index in [1.165, 1.54) is 5.56 Å². The van der Waals surface area contributed by atoms with E-state index in [2.05, 4.69) is 23.4 Å². The molecule has 0 radical (unpaired) electrons. The van der Waals surface area contributed by atoms with Crippen LogP contribution in [0.2, 0.25) is 0 Å². The van der Waals surface area contributed by atoms with Crippen LogP contribution in [0.3, 0.4) is 0 Å². The molecule has 2 aromatic rings. The first-order valence-corrected chi connectivity index (χ1v) is 7.84. The molecule has 0 aliphatic rings. The predicted molar refractivity (Wildman–Crippen MR) is 94.0 cm³/mol. The van der Waals surface area contributed by atoms with Gasteiger partial charge in [-0.15, -0.1) is 6.42 Å². The lowest BCUT2D eigenvalue weighted by atomic mass is 9.97. The minimum Gasteiger partial charge on any atom is -0.337 e. The zero-order chi connectivity index (χ0) is 16.7. The summed E-state index contributed by atoms with van der Waals surface area (Å²) in [7, 11) is 0. The van der Waals surface area contributed by atoms with E-state index in [4.69, 9.17) is 12.2 Å². The van der Waals surface area contributed by atoms with Gasteiger partial charge in [-0.05, 0) is 42.5 Å². The predicted octanol–water partition coefficient (Wildman–Crippen LogP) is 2.88. The summed E-state index contributed by atoms with van der Waals surface area (Å²) in [5.74, 6) is 2.41. The molecule has 0 heterocycles. The van der Waals surface area contributed by atoms with Crippen molar-refractivity contribution in [1.29, 1.82) is 0 Å². The molecule has 0 fully saturated rings. The lowest BCUT2D eigenvalue weighted by molar-refractivity contribution is 0.0936. The molecular formula is C20H22N2O. The number of nitrogens with one attached hydrogen (secondary N) is 1. The highest BCUT2D eigenvalue weighted by Crippen LogP contribution is 2.15. The van der Waals surface area contributed by atoms with Gasteiger partial charge in [-0.1, -0.05) is 49.2 Å². The number of rotatable bonds is 6. The highest BCUT2D eigenvalue weighted by atomic mass is 16.1. The molecule has 0 aliphatic carbocycles. The second kappa shape index (κ2) is 8.17. The molecule has 3 nitrogen and oxygen atoms in total. The molecule has 2 aromatic carbocycles. The van der Waals surface area contributed by atoms with Gasteiger partial charge in [0.15, 0.2) is 0 Å². The molecule has 3 heteroatoms. The largest absolute Gasteiger partial charge is 0.337 e. The van der Waals surface area contributed by atoms with Crippen molar-refractivity contribution in [2.75, 3.05) is 0 Å². The van der Waals surface area contributed by atoms with E-state index in [0.29, 0.717) is 17.5 Å². The van der Waals surface area contributed by atoms with Crippen LogP contribution < -0.4 is 11.1 Å². The number of carbonyl (C=O) groups excluding carboxylic acids is 1. The molecule has 0 aromatic heterocycles. The van der Waals surface area contributed by atoms with Crippen LogP contribution in [-0.4, -0.2) is 12.1 Å². The summed E-state index contributed by atoms with van der Waals surface area (Å²) in [5.41, 5.74) is 9.35. The van der Waals surface area contributed by atoms with Crippen molar-refractivity contribution in [3.8, 4) is 12.3 Å². The Labute approximate surface area is 137 Å². The third kappa shape index (κ3) is 4.70. The molecule has 1 unspecified atom stereocenters. The molecule has 3 N–H and O–H groups in total. The van der Waals surface area contributed by atoms with E-state index in [1.807, 2.05) is 37.3 Å². The summed E-state index contributed by atoms with van der Waals surface area (Å²) in [6, 6.07) is 15.8. The summed E-state index contributed by atoms with van der Waals surface area (Å²) in [6.07, 6.45) is 7.44. The molecule has 0 aliphatic heterocycles. The summed E-state index contributed by atoms with van der Waals surface area (Å²) in [6.45, 7) is 1.93. The molecule has 1 atom stereocenters. The highest BCUT2D eigenvalue weighted by Gasteiger charge is 2.14. The van der Waals surface area contributed by atoms with E-state index < -0.39 is 0 Å². The summed E-state index contributed by atoms with van der Waals surface area (Å²) < 4.78 is 0. The molecule has 1 amide bonds. The Hall–Kier alpha value is -2.57. The maximum absolute atomic E-state index is 12.5. The summed E-state index contributed by atoms with van der Waals surface area (Å²) in [4.78, 5) is 12.5. The first kappa shape index (κ1) is 16.8. The lowest BCUT2D eigenvalue weighted by Crippen LogP contribution is -2.41. The molecule has 2 rings (SSSR count). The number of nitrogens with two attached hydrogens (primary N) is 1. The van der Waals surface area contributed by atoms with Crippen LogP contribution in [0, 0.1) is 12.3 Å². The SMILES string of the molecule is C#Cc1ccc(CCc2ccccc2)c(C(=O)NC(N)CC)c1. The number of amides is 1. The van der Waals surface area contributed by atoms with Crippen LogP contribution in [0.25, 0.3) is 0 Å². The number of hydrogen-bond acceptors (Lipinski definition) is 2. The Bertz CT molecular complexity index is 701. The Balaban J connectivity index is 2.21. The molecule has 0 saturated heterocycles. The van der Waals surface area contributed by atoms with Crippen LogP contribution in [0.1, 0.15) is 40.4 Å². The van der Waals surface area contributed by atoms with Gasteiger partial charge in [-0.2, -0.15) is 0 Å². The van der Waals surface area contributed by atoms with Gasteiger partial charge in [0.05, 0.1) is 6.17 Å². The van der Waals surface area contributed by atoms with Crippen LogP contribution in [0.4, 0.5) is 0 Å². The van der Waals surface area contributed by atoms with Gasteiger partial charge in [-0.3, -0.25) is 4.79 Å². The lowest BCUT2D eigenvalue weighted by Gasteiger charge is -2.14. The van der Waals surface area contributed by atoms with Crippen LogP contribution in [0.15, 0.2) is 48.5 Å². The van der Waals surface area contributed by atoms with E-state index in [1.54, 1.807) is 6.07 Å². The Morgan fingerprint density at radius 3 is 2.61 bits per heavy atom. The van der Waals surface area contributed by atoms with Crippen molar-refractivity contribution in [3.63, 3.8) is 0 Å². The molecule has 0 saturated carbocycles. The fraction of sp³-hybridized carbons (Fsp3) is 0.250. The third-order valence-electron chi connectivity index (χ3n) is 3.80.